The van der Waals surface area contributed by atoms with E-state index in [2.05, 4.69) is 22.2 Å². The third-order valence-electron chi connectivity index (χ3n) is 4.85. The molecule has 0 radical (unpaired) electrons. The van der Waals surface area contributed by atoms with Crippen LogP contribution in [0.4, 0.5) is 0 Å². The van der Waals surface area contributed by atoms with Crippen molar-refractivity contribution in [2.45, 2.75) is 45.4 Å². The number of hydrogen-bond donors (Lipinski definition) is 1. The van der Waals surface area contributed by atoms with E-state index in [-0.39, 0.29) is 5.91 Å². The van der Waals surface area contributed by atoms with Gasteiger partial charge in [0.2, 0.25) is 5.91 Å². The molecule has 3 rings (SSSR count). The predicted molar refractivity (Wildman–Crippen MR) is 123 cm³/mol. The van der Waals surface area contributed by atoms with Crippen LogP contribution in [0.3, 0.4) is 0 Å². The molecule has 0 aliphatic carbocycles. The summed E-state index contributed by atoms with van der Waals surface area (Å²) in [6.07, 6.45) is 9.76. The molecule has 0 saturated carbocycles. The van der Waals surface area contributed by atoms with Crippen molar-refractivity contribution in [2.24, 2.45) is 0 Å². The number of nitrogens with one attached hydrogen (secondary N) is 1. The average Bonchev–Trinajstić information content (AvgIpc) is 2.83. The van der Waals surface area contributed by atoms with E-state index in [0.717, 1.165) is 35.6 Å². The number of pyridine rings is 3. The van der Waals surface area contributed by atoms with Crippen molar-refractivity contribution < 1.29 is 9.53 Å². The first-order chi connectivity index (χ1) is 15.3. The molecule has 0 aliphatic rings. The van der Waals surface area contributed by atoms with Gasteiger partial charge in [-0.05, 0) is 30.7 Å². The summed E-state index contributed by atoms with van der Waals surface area (Å²) >= 11 is 0. The van der Waals surface area contributed by atoms with Crippen LogP contribution in [0.15, 0.2) is 60.9 Å². The summed E-state index contributed by atoms with van der Waals surface area (Å²) in [6, 6.07) is 15.1. The molecule has 3 heterocycles. The number of nitrogens with zero attached hydrogens (tertiary/aromatic N) is 3. The maximum Gasteiger partial charge on any atom is 0.220 e. The molecule has 3 aromatic heterocycles. The molecule has 0 spiro atoms. The van der Waals surface area contributed by atoms with E-state index in [1.54, 1.807) is 12.4 Å². The molecule has 1 N–H and O–H groups in total. The van der Waals surface area contributed by atoms with Gasteiger partial charge in [-0.1, -0.05) is 44.7 Å². The van der Waals surface area contributed by atoms with Crippen LogP contribution in [0.5, 0.6) is 5.75 Å². The Morgan fingerprint density at radius 1 is 0.871 bits per heavy atom. The van der Waals surface area contributed by atoms with E-state index in [1.165, 1.54) is 19.3 Å². The van der Waals surface area contributed by atoms with Crippen LogP contribution < -0.4 is 10.1 Å². The lowest BCUT2D eigenvalue weighted by Gasteiger charge is -2.11. The zero-order valence-corrected chi connectivity index (χ0v) is 18.1. The molecule has 1 amide bonds. The quantitative estimate of drug-likeness (QED) is 0.416. The zero-order chi connectivity index (χ0) is 21.7. The number of rotatable bonds is 12. The first-order valence-electron chi connectivity index (χ1n) is 11.0. The molecule has 0 unspecified atom stereocenters. The lowest BCUT2D eigenvalue weighted by molar-refractivity contribution is -0.121. The Morgan fingerprint density at radius 2 is 1.52 bits per heavy atom. The summed E-state index contributed by atoms with van der Waals surface area (Å²) in [7, 11) is 0. The van der Waals surface area contributed by atoms with Crippen LogP contribution in [0.2, 0.25) is 0 Å². The maximum atomic E-state index is 12.0. The smallest absolute Gasteiger partial charge is 0.220 e. The second kappa shape index (κ2) is 12.4. The van der Waals surface area contributed by atoms with Gasteiger partial charge in [0.05, 0.1) is 29.3 Å². The third-order valence-corrected chi connectivity index (χ3v) is 4.85. The number of carbonyl (C=O) groups is 1. The van der Waals surface area contributed by atoms with Gasteiger partial charge < -0.3 is 10.1 Å². The van der Waals surface area contributed by atoms with Gasteiger partial charge in [-0.2, -0.15) is 0 Å². The fourth-order valence-corrected chi connectivity index (χ4v) is 3.22. The van der Waals surface area contributed by atoms with Crippen molar-refractivity contribution in [2.75, 3.05) is 13.2 Å². The van der Waals surface area contributed by atoms with Crippen molar-refractivity contribution in [1.82, 2.24) is 20.3 Å². The average molecular weight is 419 g/mol. The fourth-order valence-electron chi connectivity index (χ4n) is 3.22. The summed E-state index contributed by atoms with van der Waals surface area (Å²) in [5.41, 5.74) is 2.97. The molecule has 0 aromatic carbocycles. The number of unbranched alkanes of at least 4 members (excludes halogenated alkanes) is 4. The Kier molecular flexibility index (Phi) is 8.98. The van der Waals surface area contributed by atoms with Gasteiger partial charge in [-0.15, -0.1) is 0 Å². The van der Waals surface area contributed by atoms with E-state index in [0.29, 0.717) is 25.3 Å². The van der Waals surface area contributed by atoms with Crippen LogP contribution in [0.25, 0.3) is 22.8 Å². The molecular weight excluding hydrogens is 388 g/mol. The fraction of sp³-hybridized carbons (Fsp3) is 0.360. The van der Waals surface area contributed by atoms with E-state index in [1.807, 2.05) is 48.5 Å². The number of amides is 1. The van der Waals surface area contributed by atoms with Crippen molar-refractivity contribution in [3.8, 4) is 28.5 Å². The van der Waals surface area contributed by atoms with Crippen molar-refractivity contribution in [3.63, 3.8) is 0 Å². The van der Waals surface area contributed by atoms with Crippen molar-refractivity contribution >= 4 is 5.91 Å². The molecule has 3 aromatic rings. The van der Waals surface area contributed by atoms with E-state index in [4.69, 9.17) is 9.72 Å². The Morgan fingerprint density at radius 3 is 2.10 bits per heavy atom. The van der Waals surface area contributed by atoms with Crippen molar-refractivity contribution in [1.29, 1.82) is 0 Å². The molecule has 0 saturated heterocycles. The molecule has 0 bridgehead atoms. The standard InChI is InChI=1S/C25H30N4O2/c1-2-3-4-5-6-13-25(30)28-16-17-31-20-18-23(21-11-7-9-14-26-21)29-24(19-20)22-12-8-10-15-27-22/h7-12,14-15,18-19H,2-6,13,16-17H2,1H3,(H,28,30). The highest BCUT2D eigenvalue weighted by atomic mass is 16.5. The third kappa shape index (κ3) is 7.48. The zero-order valence-electron chi connectivity index (χ0n) is 18.1. The number of ether oxygens (including phenoxy) is 1. The lowest BCUT2D eigenvalue weighted by Crippen LogP contribution is -2.27. The van der Waals surface area contributed by atoms with E-state index in [9.17, 15) is 4.79 Å². The summed E-state index contributed by atoms with van der Waals surface area (Å²) < 4.78 is 5.93. The first-order valence-corrected chi connectivity index (χ1v) is 11.0. The maximum absolute atomic E-state index is 12.0. The van der Waals surface area contributed by atoms with Gasteiger partial charge in [0.25, 0.3) is 0 Å². The van der Waals surface area contributed by atoms with Gasteiger partial charge in [0, 0.05) is 30.9 Å². The van der Waals surface area contributed by atoms with Crippen LogP contribution in [-0.4, -0.2) is 34.0 Å². The molecular formula is C25H30N4O2. The molecule has 162 valence electrons. The second-order valence-electron chi connectivity index (χ2n) is 7.37. The highest BCUT2D eigenvalue weighted by molar-refractivity contribution is 5.75. The Labute approximate surface area is 184 Å². The molecule has 6 nitrogen and oxygen atoms in total. The second-order valence-corrected chi connectivity index (χ2v) is 7.37. The van der Waals surface area contributed by atoms with Gasteiger partial charge >= 0.3 is 0 Å². The van der Waals surface area contributed by atoms with E-state index >= 15 is 0 Å². The minimum Gasteiger partial charge on any atom is -0.492 e. The highest BCUT2D eigenvalue weighted by Gasteiger charge is 2.10. The molecule has 0 aliphatic heterocycles. The summed E-state index contributed by atoms with van der Waals surface area (Å²) in [6.45, 7) is 3.04. The minimum atomic E-state index is 0.0816. The number of carbonyl (C=O) groups excluding carboxylic acids is 1. The molecule has 0 fully saturated rings. The van der Waals surface area contributed by atoms with Gasteiger partial charge in [0.1, 0.15) is 12.4 Å². The first kappa shape index (κ1) is 22.4. The summed E-state index contributed by atoms with van der Waals surface area (Å²) in [5.74, 6) is 0.753. The van der Waals surface area contributed by atoms with Crippen molar-refractivity contribution in [3.05, 3.63) is 60.9 Å². The van der Waals surface area contributed by atoms with E-state index < -0.39 is 0 Å². The number of aromatic nitrogens is 3. The van der Waals surface area contributed by atoms with Crippen LogP contribution in [0.1, 0.15) is 45.4 Å². The topological polar surface area (TPSA) is 77.0 Å². The highest BCUT2D eigenvalue weighted by Crippen LogP contribution is 2.26. The minimum absolute atomic E-state index is 0.0816. The monoisotopic (exact) mass is 418 g/mol. The van der Waals surface area contributed by atoms with Crippen LogP contribution in [-0.2, 0) is 4.79 Å². The van der Waals surface area contributed by atoms with Gasteiger partial charge in [0.15, 0.2) is 0 Å². The molecule has 6 heteroatoms. The molecule has 31 heavy (non-hydrogen) atoms. The lowest BCUT2D eigenvalue weighted by atomic mass is 10.1. The van der Waals surface area contributed by atoms with Gasteiger partial charge in [-0.3, -0.25) is 14.8 Å². The van der Waals surface area contributed by atoms with Gasteiger partial charge in [-0.25, -0.2) is 4.98 Å². The SMILES string of the molecule is CCCCCCCC(=O)NCCOc1cc(-c2ccccn2)nc(-c2ccccn2)c1. The predicted octanol–water partition coefficient (Wildman–Crippen LogP) is 5.06. The summed E-state index contributed by atoms with van der Waals surface area (Å²) in [4.78, 5) is 25.5. The molecule has 0 atom stereocenters. The Balaban J connectivity index is 1.58. The largest absolute Gasteiger partial charge is 0.492 e. The Bertz CT molecular complexity index is 875. The summed E-state index contributed by atoms with van der Waals surface area (Å²) in [5, 5.41) is 2.93. The van der Waals surface area contributed by atoms with Crippen LogP contribution in [0, 0.1) is 0 Å². The Hall–Kier alpha value is -3.28. The van der Waals surface area contributed by atoms with Crippen LogP contribution >= 0.6 is 0 Å². The number of hydrogen-bond acceptors (Lipinski definition) is 5. The normalized spacial score (nSPS) is 10.6.